The van der Waals surface area contributed by atoms with Gasteiger partial charge in [-0.05, 0) is 30.3 Å². The van der Waals surface area contributed by atoms with Crippen LogP contribution >= 0.6 is 0 Å². The van der Waals surface area contributed by atoms with Gasteiger partial charge in [0.1, 0.15) is 17.7 Å². The Balaban J connectivity index is 2.53. The van der Waals surface area contributed by atoms with E-state index in [4.69, 9.17) is 5.26 Å². The van der Waals surface area contributed by atoms with Crippen LogP contribution in [0.1, 0.15) is 11.3 Å². The van der Waals surface area contributed by atoms with Gasteiger partial charge in [0.25, 0.3) is 0 Å². The highest BCUT2D eigenvalue weighted by Gasteiger charge is 2.08. The Bertz CT molecular complexity index is 608. The standard InChI is InChI=1S/C14H8F2N2/c15-12-4-3-5-13(16)11(12)8-10(9-17)14-6-1-2-7-18-14/h1-8H/b10-8+. The Morgan fingerprint density at radius 3 is 2.39 bits per heavy atom. The molecule has 0 saturated heterocycles. The molecule has 88 valence electrons. The maximum atomic E-state index is 13.4. The summed E-state index contributed by atoms with van der Waals surface area (Å²) >= 11 is 0. The second-order valence-corrected chi connectivity index (χ2v) is 3.52. The van der Waals surface area contributed by atoms with E-state index >= 15 is 0 Å². The van der Waals surface area contributed by atoms with E-state index in [2.05, 4.69) is 4.98 Å². The number of nitriles is 1. The fourth-order valence-electron chi connectivity index (χ4n) is 1.48. The van der Waals surface area contributed by atoms with E-state index in [0.29, 0.717) is 5.69 Å². The van der Waals surface area contributed by atoms with Gasteiger partial charge >= 0.3 is 0 Å². The lowest BCUT2D eigenvalue weighted by molar-refractivity contribution is 0.579. The number of hydrogen-bond acceptors (Lipinski definition) is 2. The van der Waals surface area contributed by atoms with Crippen molar-refractivity contribution in [1.29, 1.82) is 5.26 Å². The minimum Gasteiger partial charge on any atom is -0.256 e. The fraction of sp³-hybridized carbons (Fsp3) is 0. The highest BCUT2D eigenvalue weighted by Crippen LogP contribution is 2.20. The molecule has 1 aromatic carbocycles. The van der Waals surface area contributed by atoms with Gasteiger partial charge < -0.3 is 0 Å². The maximum absolute atomic E-state index is 13.4. The van der Waals surface area contributed by atoms with Gasteiger partial charge in [0.15, 0.2) is 0 Å². The first-order valence-corrected chi connectivity index (χ1v) is 5.19. The Morgan fingerprint density at radius 1 is 1.11 bits per heavy atom. The topological polar surface area (TPSA) is 36.7 Å². The summed E-state index contributed by atoms with van der Waals surface area (Å²) in [4.78, 5) is 3.97. The zero-order valence-electron chi connectivity index (χ0n) is 9.27. The summed E-state index contributed by atoms with van der Waals surface area (Å²) in [6.45, 7) is 0. The van der Waals surface area contributed by atoms with E-state index in [0.717, 1.165) is 18.2 Å². The molecule has 4 heteroatoms. The van der Waals surface area contributed by atoms with Crippen LogP contribution in [-0.4, -0.2) is 4.98 Å². The first kappa shape index (κ1) is 11.9. The van der Waals surface area contributed by atoms with Gasteiger partial charge in [-0.1, -0.05) is 12.1 Å². The van der Waals surface area contributed by atoms with Crippen molar-refractivity contribution in [3.8, 4) is 6.07 Å². The molecule has 0 unspecified atom stereocenters. The van der Waals surface area contributed by atoms with Crippen LogP contribution < -0.4 is 0 Å². The Labute approximate surface area is 103 Å². The maximum Gasteiger partial charge on any atom is 0.133 e. The lowest BCUT2D eigenvalue weighted by Crippen LogP contribution is -1.91. The number of allylic oxidation sites excluding steroid dienone is 1. The Hall–Kier alpha value is -2.54. The lowest BCUT2D eigenvalue weighted by atomic mass is 10.1. The fourth-order valence-corrected chi connectivity index (χ4v) is 1.48. The molecule has 0 radical (unpaired) electrons. The van der Waals surface area contributed by atoms with Crippen LogP contribution in [-0.2, 0) is 0 Å². The van der Waals surface area contributed by atoms with Crippen molar-refractivity contribution < 1.29 is 8.78 Å². The molecule has 0 amide bonds. The van der Waals surface area contributed by atoms with Gasteiger partial charge in [0.05, 0.1) is 11.3 Å². The van der Waals surface area contributed by atoms with Crippen LogP contribution in [0.3, 0.4) is 0 Å². The number of halogens is 2. The third-order valence-electron chi connectivity index (χ3n) is 2.35. The molecule has 0 saturated carbocycles. The average molecular weight is 242 g/mol. The van der Waals surface area contributed by atoms with Crippen LogP contribution in [0.2, 0.25) is 0 Å². The molecule has 0 fully saturated rings. The lowest BCUT2D eigenvalue weighted by Gasteiger charge is -2.01. The minimum atomic E-state index is -0.710. The number of rotatable bonds is 2. The zero-order chi connectivity index (χ0) is 13.0. The van der Waals surface area contributed by atoms with Crippen LogP contribution in [0.15, 0.2) is 42.6 Å². The van der Waals surface area contributed by atoms with Crippen molar-refractivity contribution in [2.75, 3.05) is 0 Å². The molecule has 2 nitrogen and oxygen atoms in total. The molecule has 1 aromatic heterocycles. The summed E-state index contributed by atoms with van der Waals surface area (Å²) in [5, 5.41) is 9.02. The molecule has 0 bridgehead atoms. The van der Waals surface area contributed by atoms with Crippen molar-refractivity contribution in [3.05, 3.63) is 65.5 Å². The third-order valence-corrected chi connectivity index (χ3v) is 2.35. The normalized spacial score (nSPS) is 11.1. The molecule has 0 aliphatic carbocycles. The van der Waals surface area contributed by atoms with E-state index in [1.807, 2.05) is 6.07 Å². The molecule has 18 heavy (non-hydrogen) atoms. The molecule has 2 aromatic rings. The van der Waals surface area contributed by atoms with Gasteiger partial charge in [-0.3, -0.25) is 4.98 Å². The minimum absolute atomic E-state index is 0.111. The van der Waals surface area contributed by atoms with E-state index in [1.54, 1.807) is 18.2 Å². The highest BCUT2D eigenvalue weighted by atomic mass is 19.1. The van der Waals surface area contributed by atoms with E-state index in [-0.39, 0.29) is 11.1 Å². The summed E-state index contributed by atoms with van der Waals surface area (Å²) in [6, 6.07) is 10.4. The van der Waals surface area contributed by atoms with E-state index in [1.165, 1.54) is 12.3 Å². The summed E-state index contributed by atoms with van der Waals surface area (Å²) in [5.74, 6) is -1.42. The smallest absolute Gasteiger partial charge is 0.133 e. The van der Waals surface area contributed by atoms with Crippen LogP contribution in [0.5, 0.6) is 0 Å². The Kier molecular flexibility index (Phi) is 3.44. The summed E-state index contributed by atoms with van der Waals surface area (Å²) < 4.78 is 26.9. The Morgan fingerprint density at radius 2 is 1.83 bits per heavy atom. The van der Waals surface area contributed by atoms with Crippen LogP contribution in [0, 0.1) is 23.0 Å². The van der Waals surface area contributed by atoms with Crippen molar-refractivity contribution >= 4 is 11.6 Å². The van der Waals surface area contributed by atoms with Crippen molar-refractivity contribution in [1.82, 2.24) is 4.98 Å². The molecule has 0 aliphatic rings. The molecule has 0 aliphatic heterocycles. The van der Waals surface area contributed by atoms with Gasteiger partial charge in [-0.25, -0.2) is 8.78 Å². The number of benzene rings is 1. The first-order valence-electron chi connectivity index (χ1n) is 5.19. The second-order valence-electron chi connectivity index (χ2n) is 3.52. The molecular formula is C14H8F2N2. The van der Waals surface area contributed by atoms with Gasteiger partial charge in [0, 0.05) is 11.8 Å². The van der Waals surface area contributed by atoms with E-state index in [9.17, 15) is 8.78 Å². The molecule has 0 spiro atoms. The SMILES string of the molecule is N#C/C(=C\c1c(F)cccc1F)c1ccccn1. The summed E-state index contributed by atoms with van der Waals surface area (Å²) in [5.41, 5.74) is 0.252. The van der Waals surface area contributed by atoms with Crippen LogP contribution in [0.25, 0.3) is 11.6 Å². The average Bonchev–Trinajstić information content (AvgIpc) is 2.40. The van der Waals surface area contributed by atoms with Gasteiger partial charge in [-0.2, -0.15) is 5.26 Å². The quantitative estimate of drug-likeness (QED) is 0.756. The molecule has 1 heterocycles. The molecule has 0 N–H and O–H groups in total. The predicted octanol–water partition coefficient (Wildman–Crippen LogP) is 3.42. The zero-order valence-corrected chi connectivity index (χ0v) is 9.27. The number of pyridine rings is 1. The first-order chi connectivity index (χ1) is 8.72. The number of aromatic nitrogens is 1. The third kappa shape index (κ3) is 2.41. The number of nitrogens with zero attached hydrogens (tertiary/aromatic N) is 2. The number of hydrogen-bond donors (Lipinski definition) is 0. The van der Waals surface area contributed by atoms with E-state index < -0.39 is 11.6 Å². The second kappa shape index (κ2) is 5.19. The molecule has 0 atom stereocenters. The summed E-state index contributed by atoms with van der Waals surface area (Å²) in [7, 11) is 0. The van der Waals surface area contributed by atoms with Gasteiger partial charge in [0.2, 0.25) is 0 Å². The van der Waals surface area contributed by atoms with Crippen molar-refractivity contribution in [2.24, 2.45) is 0 Å². The van der Waals surface area contributed by atoms with Crippen molar-refractivity contribution in [3.63, 3.8) is 0 Å². The highest BCUT2D eigenvalue weighted by molar-refractivity contribution is 5.88. The van der Waals surface area contributed by atoms with Crippen LogP contribution in [0.4, 0.5) is 8.78 Å². The molecule has 2 rings (SSSR count). The van der Waals surface area contributed by atoms with Gasteiger partial charge in [-0.15, -0.1) is 0 Å². The predicted molar refractivity (Wildman–Crippen MR) is 64.1 cm³/mol. The molecular weight excluding hydrogens is 234 g/mol. The largest absolute Gasteiger partial charge is 0.256 e. The summed E-state index contributed by atoms with van der Waals surface area (Å²) in [6.07, 6.45) is 2.67. The van der Waals surface area contributed by atoms with Crippen molar-refractivity contribution in [2.45, 2.75) is 0 Å². The monoisotopic (exact) mass is 242 g/mol.